The summed E-state index contributed by atoms with van der Waals surface area (Å²) in [6.07, 6.45) is 1.33. The van der Waals surface area contributed by atoms with Crippen molar-refractivity contribution in [1.29, 1.82) is 0 Å². The van der Waals surface area contributed by atoms with Crippen LogP contribution in [-0.2, 0) is 0 Å². The molecule has 3 N–H and O–H groups in total. The van der Waals surface area contributed by atoms with Crippen molar-refractivity contribution in [3.63, 3.8) is 0 Å². The van der Waals surface area contributed by atoms with E-state index in [1.165, 1.54) is 6.42 Å². The van der Waals surface area contributed by atoms with Crippen LogP contribution in [0.25, 0.3) is 0 Å². The minimum absolute atomic E-state index is 0.576. The lowest BCUT2D eigenvalue weighted by atomic mass is 10.1. The van der Waals surface area contributed by atoms with E-state index in [-0.39, 0.29) is 0 Å². The second kappa shape index (κ2) is 1.71. The van der Waals surface area contributed by atoms with Crippen LogP contribution in [0.3, 0.4) is 0 Å². The van der Waals surface area contributed by atoms with Gasteiger partial charge in [-0.1, -0.05) is 13.8 Å². The molecule has 0 heterocycles. The van der Waals surface area contributed by atoms with E-state index in [0.29, 0.717) is 5.41 Å². The molecule has 1 aliphatic carbocycles. The van der Waals surface area contributed by atoms with Crippen LogP contribution in [0.5, 0.6) is 0 Å². The van der Waals surface area contributed by atoms with E-state index in [1.807, 2.05) is 0 Å². The molecule has 0 radical (unpaired) electrons. The predicted molar refractivity (Wildman–Crippen MR) is 34.1 cm³/mol. The van der Waals surface area contributed by atoms with Gasteiger partial charge in [0, 0.05) is 6.54 Å². The zero-order chi connectivity index (χ0) is 6.20. The first-order valence-electron chi connectivity index (χ1n) is 3.10. The lowest BCUT2D eigenvalue weighted by Crippen LogP contribution is -2.25. The van der Waals surface area contributed by atoms with Gasteiger partial charge in [-0.25, -0.2) is 0 Å². The largest absolute Gasteiger partial charge is 0.271 e. The molecular formula is C6H14N2. The number of hydrazine groups is 1. The van der Waals surface area contributed by atoms with Crippen LogP contribution in [0.4, 0.5) is 0 Å². The van der Waals surface area contributed by atoms with Gasteiger partial charge in [-0.2, -0.15) is 0 Å². The van der Waals surface area contributed by atoms with Crippen molar-refractivity contribution in [1.82, 2.24) is 5.43 Å². The van der Waals surface area contributed by atoms with Gasteiger partial charge in [-0.15, -0.1) is 0 Å². The van der Waals surface area contributed by atoms with E-state index in [0.717, 1.165) is 12.5 Å². The molecular weight excluding hydrogens is 100 g/mol. The minimum atomic E-state index is 0.576. The van der Waals surface area contributed by atoms with Crippen molar-refractivity contribution < 1.29 is 0 Å². The first-order chi connectivity index (χ1) is 3.67. The summed E-state index contributed by atoms with van der Waals surface area (Å²) in [6, 6.07) is 0. The van der Waals surface area contributed by atoms with Gasteiger partial charge >= 0.3 is 0 Å². The van der Waals surface area contributed by atoms with Gasteiger partial charge in [-0.3, -0.25) is 11.3 Å². The third kappa shape index (κ3) is 1.01. The number of nitrogens with one attached hydrogen (secondary N) is 1. The van der Waals surface area contributed by atoms with Gasteiger partial charge in [0.05, 0.1) is 0 Å². The molecule has 1 atom stereocenters. The Bertz CT molecular complexity index is 88.5. The Morgan fingerprint density at radius 3 is 2.38 bits per heavy atom. The smallest absolute Gasteiger partial charge is 0.0131 e. The van der Waals surface area contributed by atoms with Gasteiger partial charge in [0.15, 0.2) is 0 Å². The van der Waals surface area contributed by atoms with Crippen molar-refractivity contribution in [3.8, 4) is 0 Å². The SMILES string of the molecule is CC1(C)CC1CNN. The second-order valence-corrected chi connectivity index (χ2v) is 3.30. The third-order valence-electron chi connectivity index (χ3n) is 2.08. The summed E-state index contributed by atoms with van der Waals surface area (Å²) in [5.74, 6) is 5.97. The first kappa shape index (κ1) is 6.05. The highest BCUT2D eigenvalue weighted by Crippen LogP contribution is 2.50. The molecule has 0 aromatic carbocycles. The fraction of sp³-hybridized carbons (Fsp3) is 1.00. The predicted octanol–water partition coefficient (Wildman–Crippen LogP) is 0.496. The molecule has 48 valence electrons. The number of hydrogen-bond donors (Lipinski definition) is 2. The number of rotatable bonds is 2. The molecule has 0 aliphatic heterocycles. The van der Waals surface area contributed by atoms with Crippen LogP contribution in [0.15, 0.2) is 0 Å². The van der Waals surface area contributed by atoms with Gasteiger partial charge < -0.3 is 0 Å². The highest BCUT2D eigenvalue weighted by Gasteiger charge is 2.44. The average molecular weight is 114 g/mol. The maximum absolute atomic E-state index is 5.14. The summed E-state index contributed by atoms with van der Waals surface area (Å²) in [5, 5.41) is 0. The fourth-order valence-electron chi connectivity index (χ4n) is 1.07. The van der Waals surface area contributed by atoms with Crippen molar-refractivity contribution in [3.05, 3.63) is 0 Å². The molecule has 1 fully saturated rings. The van der Waals surface area contributed by atoms with E-state index in [9.17, 15) is 0 Å². The van der Waals surface area contributed by atoms with E-state index in [4.69, 9.17) is 5.84 Å². The van der Waals surface area contributed by atoms with Crippen LogP contribution in [0, 0.1) is 11.3 Å². The minimum Gasteiger partial charge on any atom is -0.271 e. The van der Waals surface area contributed by atoms with E-state index in [1.54, 1.807) is 0 Å². The maximum atomic E-state index is 5.14. The summed E-state index contributed by atoms with van der Waals surface area (Å²) in [7, 11) is 0. The highest BCUT2D eigenvalue weighted by atomic mass is 15.2. The van der Waals surface area contributed by atoms with E-state index >= 15 is 0 Å². The van der Waals surface area contributed by atoms with Gasteiger partial charge in [0.1, 0.15) is 0 Å². The standard InChI is InChI=1S/C6H14N2/c1-6(2)3-5(6)4-8-7/h5,8H,3-4,7H2,1-2H3. The zero-order valence-electron chi connectivity index (χ0n) is 5.57. The van der Waals surface area contributed by atoms with Crippen LogP contribution in [0.2, 0.25) is 0 Å². The zero-order valence-corrected chi connectivity index (χ0v) is 5.57. The molecule has 8 heavy (non-hydrogen) atoms. The topological polar surface area (TPSA) is 38.0 Å². The molecule has 0 amide bonds. The third-order valence-corrected chi connectivity index (χ3v) is 2.08. The Morgan fingerprint density at radius 1 is 1.75 bits per heavy atom. The summed E-state index contributed by atoms with van der Waals surface area (Å²) < 4.78 is 0. The van der Waals surface area contributed by atoms with Crippen molar-refractivity contribution >= 4 is 0 Å². The molecule has 2 heteroatoms. The van der Waals surface area contributed by atoms with Crippen molar-refractivity contribution in [2.75, 3.05) is 6.54 Å². The molecule has 0 saturated heterocycles. The van der Waals surface area contributed by atoms with Crippen molar-refractivity contribution in [2.24, 2.45) is 17.2 Å². The molecule has 2 nitrogen and oxygen atoms in total. The lowest BCUT2D eigenvalue weighted by molar-refractivity contribution is 0.527. The molecule has 0 aromatic rings. The van der Waals surface area contributed by atoms with E-state index < -0.39 is 0 Å². The Morgan fingerprint density at radius 2 is 2.25 bits per heavy atom. The van der Waals surface area contributed by atoms with Gasteiger partial charge in [0.2, 0.25) is 0 Å². The van der Waals surface area contributed by atoms with Crippen molar-refractivity contribution in [2.45, 2.75) is 20.3 Å². The summed E-state index contributed by atoms with van der Waals surface area (Å²) in [5.41, 5.74) is 3.26. The molecule has 0 bridgehead atoms. The summed E-state index contributed by atoms with van der Waals surface area (Å²) >= 11 is 0. The molecule has 1 aliphatic rings. The Hall–Kier alpha value is -0.0800. The summed E-state index contributed by atoms with van der Waals surface area (Å²) in [4.78, 5) is 0. The normalized spacial score (nSPS) is 32.6. The Kier molecular flexibility index (Phi) is 1.29. The Balaban J connectivity index is 2.17. The quantitative estimate of drug-likeness (QED) is 0.405. The van der Waals surface area contributed by atoms with Crippen LogP contribution < -0.4 is 11.3 Å². The molecule has 1 rings (SSSR count). The monoisotopic (exact) mass is 114 g/mol. The van der Waals surface area contributed by atoms with Crippen LogP contribution in [-0.4, -0.2) is 6.54 Å². The molecule has 0 aromatic heterocycles. The number of nitrogens with two attached hydrogens (primary N) is 1. The first-order valence-corrected chi connectivity index (χ1v) is 3.10. The van der Waals surface area contributed by atoms with E-state index in [2.05, 4.69) is 19.3 Å². The summed E-state index contributed by atoms with van der Waals surface area (Å²) in [6.45, 7) is 5.52. The van der Waals surface area contributed by atoms with Gasteiger partial charge in [0.25, 0.3) is 0 Å². The lowest BCUT2D eigenvalue weighted by Gasteiger charge is -1.99. The maximum Gasteiger partial charge on any atom is 0.0131 e. The molecule has 1 saturated carbocycles. The second-order valence-electron chi connectivity index (χ2n) is 3.30. The average Bonchev–Trinajstić information content (AvgIpc) is 2.15. The van der Waals surface area contributed by atoms with Gasteiger partial charge in [-0.05, 0) is 17.8 Å². The van der Waals surface area contributed by atoms with Crippen LogP contribution in [0.1, 0.15) is 20.3 Å². The molecule has 0 spiro atoms. The Labute approximate surface area is 50.4 Å². The van der Waals surface area contributed by atoms with Crippen LogP contribution >= 0.6 is 0 Å². The fourth-order valence-corrected chi connectivity index (χ4v) is 1.07. The highest BCUT2D eigenvalue weighted by molar-refractivity contribution is 4.95. The molecule has 1 unspecified atom stereocenters. The number of hydrogen-bond acceptors (Lipinski definition) is 2.